The molecule has 6 heteroatoms. The number of carbonyl (C=O) groups is 1. The van der Waals surface area contributed by atoms with Gasteiger partial charge in [0, 0.05) is 6.54 Å². The molecule has 1 saturated heterocycles. The molecule has 1 N–H and O–H groups in total. The molecule has 0 aliphatic carbocycles. The van der Waals surface area contributed by atoms with Gasteiger partial charge in [-0.05, 0) is 20.3 Å². The molecule has 1 heterocycles. The Bertz CT molecular complexity index is 263. The van der Waals surface area contributed by atoms with Crippen LogP contribution in [-0.2, 0) is 4.79 Å². The van der Waals surface area contributed by atoms with Gasteiger partial charge in [0.2, 0.25) is 5.91 Å². The van der Waals surface area contributed by atoms with E-state index in [1.165, 1.54) is 6.92 Å². The average molecular weight is 224 g/mol. The number of nitrogens with zero attached hydrogens (tertiary/aromatic N) is 1. The van der Waals surface area contributed by atoms with Crippen LogP contribution in [0.1, 0.15) is 27.2 Å². The maximum atomic E-state index is 12.6. The zero-order valence-corrected chi connectivity index (χ0v) is 8.98. The summed E-state index contributed by atoms with van der Waals surface area (Å²) in [5.74, 6) is -0.356. The Morgan fingerprint density at radius 3 is 2.33 bits per heavy atom. The number of hydrogen-bond donors (Lipinski definition) is 1. The molecule has 1 rings (SSSR count). The van der Waals surface area contributed by atoms with Crippen molar-refractivity contribution >= 4 is 5.91 Å². The highest BCUT2D eigenvalue weighted by atomic mass is 19.4. The number of nitrogens with one attached hydrogen (secondary N) is 1. The highest BCUT2D eigenvalue weighted by molar-refractivity contribution is 5.83. The Labute approximate surface area is 86.6 Å². The molecule has 1 aliphatic rings. The predicted octanol–water partition coefficient (Wildman–Crippen LogP) is 1.70. The molecule has 1 amide bonds. The van der Waals surface area contributed by atoms with E-state index < -0.39 is 17.6 Å². The van der Waals surface area contributed by atoms with Gasteiger partial charge in [-0.3, -0.25) is 10.2 Å². The van der Waals surface area contributed by atoms with Crippen LogP contribution in [0.2, 0.25) is 0 Å². The zero-order chi connectivity index (χ0) is 11.9. The third-order valence-corrected chi connectivity index (χ3v) is 2.57. The minimum Gasteiger partial charge on any atom is -0.288 e. The second-order valence-electron chi connectivity index (χ2n) is 4.42. The lowest BCUT2D eigenvalue weighted by Gasteiger charge is -2.28. The van der Waals surface area contributed by atoms with Crippen LogP contribution in [-0.4, -0.2) is 29.7 Å². The topological polar surface area (TPSA) is 32.3 Å². The van der Waals surface area contributed by atoms with Gasteiger partial charge < -0.3 is 0 Å². The second kappa shape index (κ2) is 3.66. The van der Waals surface area contributed by atoms with E-state index in [0.29, 0.717) is 0 Å². The van der Waals surface area contributed by atoms with E-state index in [9.17, 15) is 18.0 Å². The van der Waals surface area contributed by atoms with E-state index in [1.54, 1.807) is 13.8 Å². The largest absolute Gasteiger partial charge is 0.405 e. The normalized spacial score (nSPS) is 24.0. The summed E-state index contributed by atoms with van der Waals surface area (Å²) < 4.78 is 37.7. The van der Waals surface area contributed by atoms with Gasteiger partial charge in [-0.15, -0.1) is 0 Å². The van der Waals surface area contributed by atoms with Crippen LogP contribution in [0, 0.1) is 5.41 Å². The molecule has 0 spiro atoms. The second-order valence-corrected chi connectivity index (χ2v) is 4.42. The lowest BCUT2D eigenvalue weighted by atomic mass is 9.94. The fraction of sp³-hybridized carbons (Fsp3) is 0.889. The van der Waals surface area contributed by atoms with Crippen LogP contribution >= 0.6 is 0 Å². The zero-order valence-electron chi connectivity index (χ0n) is 8.98. The highest BCUT2D eigenvalue weighted by Crippen LogP contribution is 2.31. The summed E-state index contributed by atoms with van der Waals surface area (Å²) in [5.41, 5.74) is 1.52. The highest BCUT2D eigenvalue weighted by Gasteiger charge is 2.49. The van der Waals surface area contributed by atoms with Gasteiger partial charge >= 0.3 is 6.18 Å². The Kier molecular flexibility index (Phi) is 3.00. The van der Waals surface area contributed by atoms with Crippen molar-refractivity contribution in [2.45, 2.75) is 39.4 Å². The van der Waals surface area contributed by atoms with Crippen molar-refractivity contribution in [1.29, 1.82) is 0 Å². The number of carbonyl (C=O) groups excluding carboxylic acids is 1. The summed E-state index contributed by atoms with van der Waals surface area (Å²) in [6, 6.07) is -1.59. The third-order valence-electron chi connectivity index (χ3n) is 2.57. The molecular weight excluding hydrogens is 209 g/mol. The van der Waals surface area contributed by atoms with Crippen LogP contribution in [0.25, 0.3) is 0 Å². The summed E-state index contributed by atoms with van der Waals surface area (Å²) in [4.78, 5) is 11.3. The summed E-state index contributed by atoms with van der Waals surface area (Å²) >= 11 is 0. The van der Waals surface area contributed by atoms with Gasteiger partial charge in [-0.2, -0.15) is 13.2 Å². The standard InChI is InChI=1S/C9H15F3N2O/c1-4-6(9(10,11)12)14-5-8(2,3)7(15)13-14/h6H,4-5H2,1-3H3,(H,13,15). The Morgan fingerprint density at radius 1 is 1.53 bits per heavy atom. The average Bonchev–Trinajstić information content (AvgIpc) is 2.24. The van der Waals surface area contributed by atoms with Gasteiger partial charge in [-0.25, -0.2) is 5.01 Å². The van der Waals surface area contributed by atoms with E-state index in [1.807, 2.05) is 0 Å². The lowest BCUT2D eigenvalue weighted by Crippen LogP contribution is -2.49. The SMILES string of the molecule is CCC(N1CC(C)(C)C(=O)N1)C(F)(F)F. The minimum atomic E-state index is -4.30. The van der Waals surface area contributed by atoms with Crippen LogP contribution in [0.5, 0.6) is 0 Å². The number of rotatable bonds is 2. The van der Waals surface area contributed by atoms with Gasteiger partial charge in [-0.1, -0.05) is 6.92 Å². The van der Waals surface area contributed by atoms with E-state index in [0.717, 1.165) is 5.01 Å². The summed E-state index contributed by atoms with van der Waals surface area (Å²) in [6.07, 6.45) is -4.37. The fourth-order valence-corrected chi connectivity index (χ4v) is 1.64. The first kappa shape index (κ1) is 12.3. The van der Waals surface area contributed by atoms with E-state index >= 15 is 0 Å². The van der Waals surface area contributed by atoms with Crippen LogP contribution < -0.4 is 5.43 Å². The number of alkyl halides is 3. The minimum absolute atomic E-state index is 0.0696. The smallest absolute Gasteiger partial charge is 0.288 e. The van der Waals surface area contributed by atoms with E-state index in [4.69, 9.17) is 0 Å². The van der Waals surface area contributed by atoms with Crippen molar-refractivity contribution in [2.24, 2.45) is 5.41 Å². The molecule has 1 atom stereocenters. The molecule has 0 aromatic carbocycles. The van der Waals surface area contributed by atoms with Gasteiger partial charge in [0.05, 0.1) is 5.41 Å². The van der Waals surface area contributed by atoms with E-state index in [-0.39, 0.29) is 18.9 Å². The van der Waals surface area contributed by atoms with Gasteiger partial charge in [0.25, 0.3) is 0 Å². The molecule has 0 aromatic rings. The van der Waals surface area contributed by atoms with Crippen LogP contribution in [0.4, 0.5) is 13.2 Å². The number of hydrazine groups is 1. The molecule has 15 heavy (non-hydrogen) atoms. The van der Waals surface area contributed by atoms with E-state index in [2.05, 4.69) is 5.43 Å². The van der Waals surface area contributed by atoms with Gasteiger partial charge in [0.1, 0.15) is 6.04 Å². The molecule has 1 unspecified atom stereocenters. The lowest BCUT2D eigenvalue weighted by molar-refractivity contribution is -0.189. The molecule has 0 saturated carbocycles. The van der Waals surface area contributed by atoms with Crippen molar-refractivity contribution in [2.75, 3.05) is 6.54 Å². The summed E-state index contributed by atoms with van der Waals surface area (Å²) in [7, 11) is 0. The third kappa shape index (κ3) is 2.42. The van der Waals surface area contributed by atoms with Crippen molar-refractivity contribution < 1.29 is 18.0 Å². The predicted molar refractivity (Wildman–Crippen MR) is 48.8 cm³/mol. The molecular formula is C9H15F3N2O. The number of halogens is 3. The fourth-order valence-electron chi connectivity index (χ4n) is 1.64. The van der Waals surface area contributed by atoms with Crippen molar-refractivity contribution in [3.63, 3.8) is 0 Å². The number of amides is 1. The first-order valence-corrected chi connectivity index (χ1v) is 4.83. The summed E-state index contributed by atoms with van der Waals surface area (Å²) in [5, 5.41) is 0.988. The number of hydrogen-bond acceptors (Lipinski definition) is 2. The van der Waals surface area contributed by atoms with Crippen LogP contribution in [0.15, 0.2) is 0 Å². The molecule has 0 bridgehead atoms. The van der Waals surface area contributed by atoms with Crippen molar-refractivity contribution in [3.8, 4) is 0 Å². The quantitative estimate of drug-likeness (QED) is 0.774. The van der Waals surface area contributed by atoms with Crippen LogP contribution in [0.3, 0.4) is 0 Å². The van der Waals surface area contributed by atoms with Crippen molar-refractivity contribution in [1.82, 2.24) is 10.4 Å². The molecule has 1 aliphatic heterocycles. The monoisotopic (exact) mass is 224 g/mol. The summed E-state index contributed by atoms with van der Waals surface area (Å²) in [6.45, 7) is 4.80. The Hall–Kier alpha value is -0.780. The van der Waals surface area contributed by atoms with Gasteiger partial charge in [0.15, 0.2) is 0 Å². The van der Waals surface area contributed by atoms with Crippen molar-refractivity contribution in [3.05, 3.63) is 0 Å². The maximum Gasteiger partial charge on any atom is 0.405 e. The Morgan fingerprint density at radius 2 is 2.07 bits per heavy atom. The maximum absolute atomic E-state index is 12.6. The molecule has 3 nitrogen and oxygen atoms in total. The first-order chi connectivity index (χ1) is 6.68. The molecule has 0 radical (unpaired) electrons. The Balaban J connectivity index is 2.79. The molecule has 88 valence electrons. The first-order valence-electron chi connectivity index (χ1n) is 4.83. The molecule has 1 fully saturated rings. The molecule has 0 aromatic heterocycles.